The Morgan fingerprint density at radius 3 is 2.36 bits per heavy atom. The zero-order valence-corrected chi connectivity index (χ0v) is 8.99. The minimum Gasteiger partial charge on any atom is -0.285 e. The van der Waals surface area contributed by atoms with E-state index in [-0.39, 0.29) is 0 Å². The second kappa shape index (κ2) is 5.91. The molecule has 0 atom stereocenters. The Labute approximate surface area is 85.0 Å². The average molecular weight is 193 g/mol. The number of aryl methyl sites for hydroxylation is 1. The highest BCUT2D eigenvalue weighted by Crippen LogP contribution is 2.21. The van der Waals surface area contributed by atoms with Crippen LogP contribution < -0.4 is 0 Å². The molecule has 0 aliphatic rings. The third kappa shape index (κ3) is 2.69. The third-order valence-electron chi connectivity index (χ3n) is 1.61. The molecule has 1 aromatic rings. The minimum absolute atomic E-state index is 0.639. The third-order valence-corrected chi connectivity index (χ3v) is 1.61. The molecule has 1 rings (SSSR count). The molecule has 0 saturated carbocycles. The lowest BCUT2D eigenvalue weighted by Crippen LogP contribution is -1.99. The Morgan fingerprint density at radius 2 is 2.00 bits per heavy atom. The van der Waals surface area contributed by atoms with E-state index in [1.54, 1.807) is 18.5 Å². The molecule has 0 saturated heterocycles. The Balaban J connectivity index is 0.000000791. The van der Waals surface area contributed by atoms with Crippen LogP contribution in [-0.2, 0) is 0 Å². The first-order chi connectivity index (χ1) is 6.66. The van der Waals surface area contributed by atoms with Gasteiger partial charge < -0.3 is 0 Å². The van der Waals surface area contributed by atoms with Crippen LogP contribution >= 0.6 is 0 Å². The summed E-state index contributed by atoms with van der Waals surface area (Å²) in [5.74, 6) is 0. The van der Waals surface area contributed by atoms with E-state index in [1.807, 2.05) is 20.8 Å². The molecule has 3 nitrogen and oxygen atoms in total. The van der Waals surface area contributed by atoms with Crippen LogP contribution in [0.3, 0.4) is 0 Å². The van der Waals surface area contributed by atoms with Crippen molar-refractivity contribution in [2.24, 2.45) is 0 Å². The second-order valence-corrected chi connectivity index (χ2v) is 2.50. The van der Waals surface area contributed by atoms with E-state index < -0.39 is 0 Å². The predicted molar refractivity (Wildman–Crippen MR) is 59.2 cm³/mol. The van der Waals surface area contributed by atoms with Crippen molar-refractivity contribution in [1.82, 2.24) is 4.98 Å². The number of nitrogens with zero attached hydrogens (tertiary/aromatic N) is 2. The lowest BCUT2D eigenvalue weighted by molar-refractivity contribution is -0.706. The van der Waals surface area contributed by atoms with E-state index in [4.69, 9.17) is 5.21 Å². The molecule has 0 unspecified atom stereocenters. The molecule has 0 aliphatic carbocycles. The quantitative estimate of drug-likeness (QED) is 0.339. The van der Waals surface area contributed by atoms with Crippen LogP contribution in [0.4, 0.5) is 5.69 Å². The molecule has 0 bridgehead atoms. The summed E-state index contributed by atoms with van der Waals surface area (Å²) in [4.78, 5) is 3.96. The van der Waals surface area contributed by atoms with Crippen LogP contribution in [0, 0.1) is 6.92 Å². The van der Waals surface area contributed by atoms with Gasteiger partial charge in [0.2, 0.25) is 0 Å². The molecule has 0 spiro atoms. The van der Waals surface area contributed by atoms with Gasteiger partial charge in [0.05, 0.1) is 5.56 Å². The predicted octanol–water partition coefficient (Wildman–Crippen LogP) is 2.79. The van der Waals surface area contributed by atoms with Crippen molar-refractivity contribution in [2.45, 2.75) is 20.8 Å². The maximum atomic E-state index is 9.16. The highest BCUT2D eigenvalue weighted by Gasteiger charge is 2.13. The summed E-state index contributed by atoms with van der Waals surface area (Å²) in [5, 5.41) is 9.16. The average Bonchev–Trinajstić information content (AvgIpc) is 2.19. The van der Waals surface area contributed by atoms with Crippen LogP contribution in [0.5, 0.6) is 0 Å². The summed E-state index contributed by atoms with van der Waals surface area (Å²) in [5.41, 5.74) is 2.28. The van der Waals surface area contributed by atoms with E-state index >= 15 is 0 Å². The van der Waals surface area contributed by atoms with Gasteiger partial charge in [0, 0.05) is 22.7 Å². The van der Waals surface area contributed by atoms with Gasteiger partial charge in [-0.25, -0.2) is 0 Å². The van der Waals surface area contributed by atoms with Crippen LogP contribution in [0.1, 0.15) is 25.0 Å². The van der Waals surface area contributed by atoms with Crippen molar-refractivity contribution in [3.63, 3.8) is 0 Å². The fourth-order valence-electron chi connectivity index (χ4n) is 1.08. The highest BCUT2D eigenvalue weighted by molar-refractivity contribution is 5.61. The molecule has 76 valence electrons. The minimum atomic E-state index is 0.639. The smallest absolute Gasteiger partial charge is 0.269 e. The molecule has 0 amide bonds. The fourth-order valence-corrected chi connectivity index (χ4v) is 1.08. The van der Waals surface area contributed by atoms with Crippen LogP contribution in [0.25, 0.3) is 6.08 Å². The van der Waals surface area contributed by atoms with Crippen molar-refractivity contribution in [1.29, 1.82) is 0 Å². The second-order valence-electron chi connectivity index (χ2n) is 2.50. The Kier molecular flexibility index (Phi) is 5.22. The van der Waals surface area contributed by atoms with Gasteiger partial charge in [-0.3, -0.25) is 10.2 Å². The molecular weight excluding hydrogens is 176 g/mol. The normalized spacial score (nSPS) is 8.50. The van der Waals surface area contributed by atoms with E-state index in [0.717, 1.165) is 15.9 Å². The molecular formula is C11H17N2O+. The molecule has 14 heavy (non-hydrogen) atoms. The van der Waals surface area contributed by atoms with Crippen molar-refractivity contribution < 1.29 is 9.95 Å². The van der Waals surface area contributed by atoms with Crippen LogP contribution in [0.15, 0.2) is 19.0 Å². The van der Waals surface area contributed by atoms with Crippen molar-refractivity contribution >= 4 is 18.5 Å². The van der Waals surface area contributed by atoms with Gasteiger partial charge >= 0.3 is 0 Å². The molecule has 3 heteroatoms. The molecule has 0 aliphatic heterocycles. The lowest BCUT2D eigenvalue weighted by Gasteiger charge is -1.98. The zero-order chi connectivity index (χ0) is 11.1. The number of aromatic nitrogens is 1. The fraction of sp³-hybridized carbons (Fsp3) is 0.273. The largest absolute Gasteiger partial charge is 0.285 e. The molecule has 0 radical (unpaired) electrons. The maximum Gasteiger partial charge on any atom is 0.269 e. The summed E-state index contributed by atoms with van der Waals surface area (Å²) in [6, 6.07) is 0. The topological polar surface area (TPSA) is 36.1 Å². The van der Waals surface area contributed by atoms with Crippen LogP contribution in [0.2, 0.25) is 0 Å². The molecule has 1 aromatic heterocycles. The number of rotatable bonds is 2. The zero-order valence-electron chi connectivity index (χ0n) is 8.99. The van der Waals surface area contributed by atoms with Gasteiger partial charge in [0.15, 0.2) is 6.72 Å². The van der Waals surface area contributed by atoms with Gasteiger partial charge in [-0.2, -0.15) is 0 Å². The van der Waals surface area contributed by atoms with E-state index in [1.165, 1.54) is 0 Å². The van der Waals surface area contributed by atoms with Gasteiger partial charge in [0.25, 0.3) is 5.69 Å². The molecule has 0 aromatic carbocycles. The highest BCUT2D eigenvalue weighted by atomic mass is 16.5. The van der Waals surface area contributed by atoms with E-state index in [0.29, 0.717) is 5.69 Å². The van der Waals surface area contributed by atoms with Gasteiger partial charge in [0.1, 0.15) is 0 Å². The van der Waals surface area contributed by atoms with E-state index in [9.17, 15) is 0 Å². The summed E-state index contributed by atoms with van der Waals surface area (Å²) in [6.45, 7) is 12.9. The van der Waals surface area contributed by atoms with Crippen molar-refractivity contribution in [3.05, 3.63) is 30.1 Å². The maximum absolute atomic E-state index is 9.16. The Hall–Kier alpha value is -1.64. The summed E-state index contributed by atoms with van der Waals surface area (Å²) in [6.07, 6.45) is 4.92. The summed E-state index contributed by atoms with van der Waals surface area (Å²) in [7, 11) is 0. The molecule has 1 N–H and O–H groups in total. The molecule has 0 fully saturated rings. The van der Waals surface area contributed by atoms with E-state index in [2.05, 4.69) is 18.3 Å². The van der Waals surface area contributed by atoms with Crippen molar-refractivity contribution in [2.75, 3.05) is 0 Å². The molecule has 1 heterocycles. The first kappa shape index (κ1) is 12.4. The van der Waals surface area contributed by atoms with Gasteiger partial charge in [-0.1, -0.05) is 26.5 Å². The Bertz CT molecular complexity index is 332. The number of pyridine rings is 1. The van der Waals surface area contributed by atoms with Crippen LogP contribution in [-0.4, -0.2) is 21.6 Å². The lowest BCUT2D eigenvalue weighted by atomic mass is 10.1. The number of hydrogen-bond acceptors (Lipinski definition) is 2. The standard InChI is InChI=1S/C9H11N2O.C2H6/c1-4-8-6-10-5-7(2)9(8)11(3)12;1-2/h4-6,12H,1,3H2,2H3;1-2H3/q+1;. The van der Waals surface area contributed by atoms with Gasteiger partial charge in [-0.05, 0) is 6.92 Å². The van der Waals surface area contributed by atoms with Crippen molar-refractivity contribution in [3.8, 4) is 0 Å². The first-order valence-electron chi connectivity index (χ1n) is 4.53. The Morgan fingerprint density at radius 1 is 1.43 bits per heavy atom. The summed E-state index contributed by atoms with van der Waals surface area (Å²) < 4.78 is 0.827. The SMILES string of the molecule is C=Cc1cncc(C)c1[N+](=C)O.CC. The monoisotopic (exact) mass is 193 g/mol. The number of hydrogen-bond donors (Lipinski definition) is 1. The first-order valence-corrected chi connectivity index (χ1v) is 4.53. The summed E-state index contributed by atoms with van der Waals surface area (Å²) >= 11 is 0. The van der Waals surface area contributed by atoms with Gasteiger partial charge in [-0.15, -0.1) is 0 Å².